The molecule has 0 spiro atoms. The average molecular weight is 257 g/mol. The van der Waals surface area contributed by atoms with Crippen LogP contribution >= 0.6 is 23.2 Å². The first-order valence-corrected chi connectivity index (χ1v) is 5.58. The van der Waals surface area contributed by atoms with Crippen molar-refractivity contribution in [2.24, 2.45) is 0 Å². The lowest BCUT2D eigenvalue weighted by molar-refractivity contribution is 0.513. The molecule has 5 heteroatoms. The second-order valence-corrected chi connectivity index (χ2v) is 4.08. The Kier molecular flexibility index (Phi) is 3.70. The number of hydrogen-bond donors (Lipinski definition) is 1. The van der Waals surface area contributed by atoms with Crippen LogP contribution in [-0.4, -0.2) is 11.5 Å². The Labute approximate surface area is 103 Å². The van der Waals surface area contributed by atoms with Crippen molar-refractivity contribution in [1.82, 2.24) is 4.98 Å². The molecule has 16 heavy (non-hydrogen) atoms. The summed E-state index contributed by atoms with van der Waals surface area (Å²) in [7, 11) is 0. The fourth-order valence-corrected chi connectivity index (χ4v) is 1.75. The maximum Gasteiger partial charge on any atom is 0.144 e. The number of pyridine rings is 1. The number of hydrogen-bond acceptors (Lipinski definition) is 3. The van der Waals surface area contributed by atoms with Gasteiger partial charge < -0.3 is 9.73 Å². The molecule has 0 atom stereocenters. The Hall–Kier alpha value is -1.19. The highest BCUT2D eigenvalue weighted by Crippen LogP contribution is 2.22. The summed E-state index contributed by atoms with van der Waals surface area (Å²) in [6, 6.07) is 5.45. The minimum atomic E-state index is 0.520. The van der Waals surface area contributed by atoms with E-state index in [0.717, 1.165) is 12.2 Å². The lowest BCUT2D eigenvalue weighted by Gasteiger charge is -2.06. The summed E-state index contributed by atoms with van der Waals surface area (Å²) >= 11 is 11.7. The second kappa shape index (κ2) is 5.23. The van der Waals surface area contributed by atoms with Gasteiger partial charge in [-0.25, -0.2) is 4.98 Å². The normalized spacial score (nSPS) is 10.4. The SMILES string of the molecule is Clc1cnc(NCCc2ccco2)c(Cl)c1. The molecule has 0 amide bonds. The van der Waals surface area contributed by atoms with Crippen LogP contribution in [0.15, 0.2) is 35.1 Å². The van der Waals surface area contributed by atoms with Gasteiger partial charge in [-0.2, -0.15) is 0 Å². The molecule has 0 aliphatic rings. The molecule has 2 aromatic heterocycles. The van der Waals surface area contributed by atoms with Gasteiger partial charge in [0.25, 0.3) is 0 Å². The average Bonchev–Trinajstić information content (AvgIpc) is 2.74. The van der Waals surface area contributed by atoms with Crippen LogP contribution < -0.4 is 5.32 Å². The van der Waals surface area contributed by atoms with E-state index in [1.165, 1.54) is 0 Å². The highest BCUT2D eigenvalue weighted by atomic mass is 35.5. The molecule has 2 heterocycles. The van der Waals surface area contributed by atoms with E-state index in [1.807, 2.05) is 12.1 Å². The summed E-state index contributed by atoms with van der Waals surface area (Å²) in [6.45, 7) is 0.710. The van der Waals surface area contributed by atoms with Gasteiger partial charge in [-0.15, -0.1) is 0 Å². The molecule has 3 nitrogen and oxygen atoms in total. The number of furan rings is 1. The van der Waals surface area contributed by atoms with Crippen LogP contribution in [0.5, 0.6) is 0 Å². The highest BCUT2D eigenvalue weighted by Gasteiger charge is 2.02. The van der Waals surface area contributed by atoms with Crippen LogP contribution in [0, 0.1) is 0 Å². The molecule has 0 saturated carbocycles. The van der Waals surface area contributed by atoms with Gasteiger partial charge in [0.05, 0.1) is 16.3 Å². The van der Waals surface area contributed by atoms with Crippen LogP contribution in [0.1, 0.15) is 5.76 Å². The molecule has 0 saturated heterocycles. The van der Waals surface area contributed by atoms with Gasteiger partial charge >= 0.3 is 0 Å². The van der Waals surface area contributed by atoms with Gasteiger partial charge in [-0.1, -0.05) is 23.2 Å². The summed E-state index contributed by atoms with van der Waals surface area (Å²) in [5, 5.41) is 4.17. The van der Waals surface area contributed by atoms with Crippen LogP contribution in [0.3, 0.4) is 0 Å². The standard InChI is InChI=1S/C11H10Cl2N2O/c12-8-6-10(13)11(15-7-8)14-4-3-9-2-1-5-16-9/h1-2,5-7H,3-4H2,(H,14,15). The number of rotatable bonds is 4. The Bertz CT molecular complexity index is 457. The Morgan fingerprint density at radius 3 is 2.94 bits per heavy atom. The fourth-order valence-electron chi connectivity index (χ4n) is 1.30. The minimum absolute atomic E-state index is 0.520. The number of anilines is 1. The molecule has 0 bridgehead atoms. The smallest absolute Gasteiger partial charge is 0.144 e. The predicted molar refractivity (Wildman–Crippen MR) is 65.2 cm³/mol. The maximum atomic E-state index is 5.96. The Morgan fingerprint density at radius 2 is 2.25 bits per heavy atom. The van der Waals surface area contributed by atoms with E-state index in [-0.39, 0.29) is 0 Å². The Balaban J connectivity index is 1.90. The van der Waals surface area contributed by atoms with E-state index in [9.17, 15) is 0 Å². The third-order valence-corrected chi connectivity index (χ3v) is 2.55. The molecule has 84 valence electrons. The van der Waals surface area contributed by atoms with Crippen LogP contribution in [0.2, 0.25) is 10.0 Å². The van der Waals surface area contributed by atoms with Crippen molar-refractivity contribution in [3.8, 4) is 0 Å². The second-order valence-electron chi connectivity index (χ2n) is 3.24. The van der Waals surface area contributed by atoms with Crippen LogP contribution in [0.4, 0.5) is 5.82 Å². The van der Waals surface area contributed by atoms with E-state index >= 15 is 0 Å². The van der Waals surface area contributed by atoms with Crippen molar-refractivity contribution >= 4 is 29.0 Å². The van der Waals surface area contributed by atoms with Gasteiger partial charge in [0, 0.05) is 19.2 Å². The summed E-state index contributed by atoms with van der Waals surface area (Å²) in [5.41, 5.74) is 0. The van der Waals surface area contributed by atoms with E-state index in [2.05, 4.69) is 10.3 Å². The van der Waals surface area contributed by atoms with Crippen molar-refractivity contribution in [3.63, 3.8) is 0 Å². The van der Waals surface area contributed by atoms with Crippen molar-refractivity contribution < 1.29 is 4.42 Å². The minimum Gasteiger partial charge on any atom is -0.469 e. The molecule has 0 unspecified atom stereocenters. The topological polar surface area (TPSA) is 38.1 Å². The van der Waals surface area contributed by atoms with Crippen LogP contribution in [0.25, 0.3) is 0 Å². The molecular weight excluding hydrogens is 247 g/mol. The zero-order valence-electron chi connectivity index (χ0n) is 8.41. The van der Waals surface area contributed by atoms with Gasteiger partial charge in [0.15, 0.2) is 0 Å². The molecule has 1 N–H and O–H groups in total. The molecule has 0 radical (unpaired) electrons. The molecule has 0 aromatic carbocycles. The molecular formula is C11H10Cl2N2O. The molecule has 2 aromatic rings. The molecule has 0 fully saturated rings. The number of halogens is 2. The van der Waals surface area contributed by atoms with E-state index in [0.29, 0.717) is 22.4 Å². The number of nitrogens with one attached hydrogen (secondary N) is 1. The summed E-state index contributed by atoms with van der Waals surface area (Å²) in [6.07, 6.45) is 4.00. The first-order chi connectivity index (χ1) is 7.75. The number of nitrogens with zero attached hydrogens (tertiary/aromatic N) is 1. The largest absolute Gasteiger partial charge is 0.469 e. The lowest BCUT2D eigenvalue weighted by atomic mass is 10.3. The van der Waals surface area contributed by atoms with Gasteiger partial charge in [0.1, 0.15) is 11.6 Å². The highest BCUT2D eigenvalue weighted by molar-refractivity contribution is 6.35. The van der Waals surface area contributed by atoms with Crippen molar-refractivity contribution in [3.05, 3.63) is 46.5 Å². The van der Waals surface area contributed by atoms with E-state index in [1.54, 1.807) is 18.5 Å². The Morgan fingerprint density at radius 1 is 1.38 bits per heavy atom. The van der Waals surface area contributed by atoms with E-state index < -0.39 is 0 Å². The third kappa shape index (κ3) is 2.90. The van der Waals surface area contributed by atoms with Gasteiger partial charge in [-0.3, -0.25) is 0 Å². The quantitative estimate of drug-likeness (QED) is 0.908. The molecule has 2 rings (SSSR count). The summed E-state index contributed by atoms with van der Waals surface area (Å²) in [4.78, 5) is 4.09. The van der Waals surface area contributed by atoms with Crippen LogP contribution in [-0.2, 0) is 6.42 Å². The third-order valence-electron chi connectivity index (χ3n) is 2.05. The van der Waals surface area contributed by atoms with Gasteiger partial charge in [0.2, 0.25) is 0 Å². The van der Waals surface area contributed by atoms with Crippen molar-refractivity contribution in [2.75, 3.05) is 11.9 Å². The zero-order valence-corrected chi connectivity index (χ0v) is 9.92. The first kappa shape index (κ1) is 11.3. The monoisotopic (exact) mass is 256 g/mol. The lowest BCUT2D eigenvalue weighted by Crippen LogP contribution is -2.06. The first-order valence-electron chi connectivity index (χ1n) is 4.83. The zero-order chi connectivity index (χ0) is 11.4. The predicted octanol–water partition coefficient (Wildman–Crippen LogP) is 3.64. The van der Waals surface area contributed by atoms with Gasteiger partial charge in [-0.05, 0) is 18.2 Å². The maximum absolute atomic E-state index is 5.96. The summed E-state index contributed by atoms with van der Waals surface area (Å²) in [5.74, 6) is 1.57. The number of aromatic nitrogens is 1. The molecule has 0 aliphatic carbocycles. The van der Waals surface area contributed by atoms with Crippen molar-refractivity contribution in [2.45, 2.75) is 6.42 Å². The molecule has 0 aliphatic heterocycles. The fraction of sp³-hybridized carbons (Fsp3) is 0.182. The van der Waals surface area contributed by atoms with E-state index in [4.69, 9.17) is 27.6 Å². The van der Waals surface area contributed by atoms with Crippen molar-refractivity contribution in [1.29, 1.82) is 0 Å². The summed E-state index contributed by atoms with van der Waals surface area (Å²) < 4.78 is 5.21.